The molecule has 0 spiro atoms. The summed E-state index contributed by atoms with van der Waals surface area (Å²) in [6.07, 6.45) is 1.89. The van der Waals surface area contributed by atoms with E-state index in [-0.39, 0.29) is 0 Å². The van der Waals surface area contributed by atoms with E-state index in [1.54, 1.807) is 4.68 Å². The second-order valence-electron chi connectivity index (χ2n) is 3.86. The highest BCUT2D eigenvalue weighted by atomic mass is 35.5. The van der Waals surface area contributed by atoms with Crippen molar-refractivity contribution in [3.05, 3.63) is 35.8 Å². The minimum Gasteiger partial charge on any atom is -0.221 e. The molecule has 0 fully saturated rings. The zero-order valence-corrected chi connectivity index (χ0v) is 10.0. The van der Waals surface area contributed by atoms with Gasteiger partial charge in [-0.3, -0.25) is 0 Å². The summed E-state index contributed by atoms with van der Waals surface area (Å²) >= 11 is 5.65. The normalized spacial score (nSPS) is 11.0. The molecule has 0 saturated heterocycles. The third-order valence-corrected chi connectivity index (χ3v) is 2.55. The number of hydrogen-bond acceptors (Lipinski definition) is 3. The van der Waals surface area contributed by atoms with Gasteiger partial charge >= 0.3 is 0 Å². The van der Waals surface area contributed by atoms with Crippen molar-refractivity contribution >= 4 is 11.6 Å². The topological polar surface area (TPSA) is 43.6 Å². The van der Waals surface area contributed by atoms with Crippen molar-refractivity contribution in [2.75, 3.05) is 0 Å². The van der Waals surface area contributed by atoms with Crippen molar-refractivity contribution in [1.29, 1.82) is 0 Å². The first-order chi connectivity index (χ1) is 7.70. The van der Waals surface area contributed by atoms with E-state index < -0.39 is 0 Å². The van der Waals surface area contributed by atoms with E-state index in [1.807, 2.05) is 24.4 Å². The molecule has 0 aromatic carbocycles. The van der Waals surface area contributed by atoms with E-state index >= 15 is 0 Å². The molecule has 4 nitrogen and oxygen atoms in total. The monoisotopic (exact) mass is 236 g/mol. The van der Waals surface area contributed by atoms with Crippen LogP contribution in [0.4, 0.5) is 0 Å². The van der Waals surface area contributed by atoms with Gasteiger partial charge in [0.1, 0.15) is 0 Å². The van der Waals surface area contributed by atoms with Crippen LogP contribution in [0.1, 0.15) is 31.2 Å². The molecule has 2 rings (SSSR count). The van der Waals surface area contributed by atoms with Crippen molar-refractivity contribution in [3.63, 3.8) is 0 Å². The maximum absolute atomic E-state index is 5.65. The van der Waals surface area contributed by atoms with Crippen LogP contribution in [0.25, 0.3) is 5.82 Å². The highest BCUT2D eigenvalue weighted by Crippen LogP contribution is 2.12. The zero-order chi connectivity index (χ0) is 11.5. The van der Waals surface area contributed by atoms with Gasteiger partial charge in [0.05, 0.1) is 17.3 Å². The summed E-state index contributed by atoms with van der Waals surface area (Å²) in [4.78, 5) is 0. The standard InChI is InChI=1S/C11H13ClN4/c1-8(2)10-5-6-16(15-10)11-4-3-9(7-12)13-14-11/h3-6,8H,7H2,1-2H3. The number of halogens is 1. The summed E-state index contributed by atoms with van der Waals surface area (Å²) < 4.78 is 1.72. The molecule has 16 heavy (non-hydrogen) atoms. The third-order valence-electron chi connectivity index (χ3n) is 2.28. The van der Waals surface area contributed by atoms with Crippen LogP contribution in [0.5, 0.6) is 0 Å². The van der Waals surface area contributed by atoms with Gasteiger partial charge in [0, 0.05) is 6.20 Å². The Morgan fingerprint density at radius 1 is 1.25 bits per heavy atom. The fourth-order valence-electron chi connectivity index (χ4n) is 1.32. The van der Waals surface area contributed by atoms with E-state index in [1.165, 1.54) is 0 Å². The van der Waals surface area contributed by atoms with E-state index in [9.17, 15) is 0 Å². The Balaban J connectivity index is 2.28. The maximum atomic E-state index is 5.65. The molecule has 5 heteroatoms. The second-order valence-corrected chi connectivity index (χ2v) is 4.12. The molecule has 0 saturated carbocycles. The minimum absolute atomic E-state index is 0.379. The molecule has 0 aliphatic rings. The van der Waals surface area contributed by atoms with E-state index in [0.29, 0.717) is 17.6 Å². The first-order valence-corrected chi connectivity index (χ1v) is 5.68. The molecule has 2 heterocycles. The highest BCUT2D eigenvalue weighted by Gasteiger charge is 2.05. The van der Waals surface area contributed by atoms with E-state index in [2.05, 4.69) is 29.1 Å². The van der Waals surface area contributed by atoms with Crippen LogP contribution >= 0.6 is 11.6 Å². The molecule has 0 amide bonds. The Morgan fingerprint density at radius 3 is 2.56 bits per heavy atom. The first-order valence-electron chi connectivity index (χ1n) is 5.15. The lowest BCUT2D eigenvalue weighted by Crippen LogP contribution is -2.02. The van der Waals surface area contributed by atoms with Gasteiger partial charge in [0.2, 0.25) is 0 Å². The van der Waals surface area contributed by atoms with Gasteiger partial charge in [0.15, 0.2) is 5.82 Å². The quantitative estimate of drug-likeness (QED) is 0.770. The molecule has 0 bridgehead atoms. The molecule has 0 aliphatic heterocycles. The lowest BCUT2D eigenvalue weighted by molar-refractivity contribution is 0.744. The summed E-state index contributed by atoms with van der Waals surface area (Å²) in [5, 5.41) is 12.5. The third kappa shape index (κ3) is 2.22. The van der Waals surface area contributed by atoms with Crippen molar-refractivity contribution < 1.29 is 0 Å². The average Bonchev–Trinajstić information content (AvgIpc) is 2.78. The van der Waals surface area contributed by atoms with Gasteiger partial charge in [-0.25, -0.2) is 4.68 Å². The second kappa shape index (κ2) is 4.61. The number of rotatable bonds is 3. The molecule has 0 N–H and O–H groups in total. The van der Waals surface area contributed by atoms with E-state index in [0.717, 1.165) is 11.4 Å². The van der Waals surface area contributed by atoms with Gasteiger partial charge in [-0.1, -0.05) is 13.8 Å². The van der Waals surface area contributed by atoms with Gasteiger partial charge in [-0.2, -0.15) is 10.2 Å². The van der Waals surface area contributed by atoms with Crippen molar-refractivity contribution in [1.82, 2.24) is 20.0 Å². The predicted octanol–water partition coefficient (Wildman–Crippen LogP) is 2.52. The van der Waals surface area contributed by atoms with Gasteiger partial charge in [-0.05, 0) is 24.1 Å². The minimum atomic E-state index is 0.379. The van der Waals surface area contributed by atoms with Crippen LogP contribution in [0.3, 0.4) is 0 Å². The van der Waals surface area contributed by atoms with Crippen LogP contribution in [-0.4, -0.2) is 20.0 Å². The maximum Gasteiger partial charge on any atom is 0.175 e. The van der Waals surface area contributed by atoms with Crippen molar-refractivity contribution in [3.8, 4) is 5.82 Å². The molecular formula is C11H13ClN4. The average molecular weight is 237 g/mol. The molecular weight excluding hydrogens is 224 g/mol. The van der Waals surface area contributed by atoms with Gasteiger partial charge in [-0.15, -0.1) is 16.7 Å². The molecule has 84 valence electrons. The summed E-state index contributed by atoms with van der Waals surface area (Å²) in [5.74, 6) is 1.50. The molecule has 2 aromatic heterocycles. The summed E-state index contributed by atoms with van der Waals surface area (Å²) in [7, 11) is 0. The summed E-state index contributed by atoms with van der Waals surface area (Å²) in [6, 6.07) is 5.70. The Kier molecular flexibility index (Phi) is 3.19. The van der Waals surface area contributed by atoms with Crippen LogP contribution in [0.2, 0.25) is 0 Å². The molecule has 0 atom stereocenters. The molecule has 0 aliphatic carbocycles. The molecule has 2 aromatic rings. The van der Waals surface area contributed by atoms with Crippen LogP contribution < -0.4 is 0 Å². The number of aromatic nitrogens is 4. The Labute approximate surface area is 99.3 Å². The summed E-state index contributed by atoms with van der Waals surface area (Å²) in [6.45, 7) is 4.21. The fourth-order valence-corrected chi connectivity index (χ4v) is 1.46. The molecule has 0 unspecified atom stereocenters. The Morgan fingerprint density at radius 2 is 2.06 bits per heavy atom. The van der Waals surface area contributed by atoms with Crippen molar-refractivity contribution in [2.24, 2.45) is 0 Å². The van der Waals surface area contributed by atoms with Crippen LogP contribution in [-0.2, 0) is 5.88 Å². The molecule has 0 radical (unpaired) electrons. The van der Waals surface area contributed by atoms with Crippen LogP contribution in [0, 0.1) is 0 Å². The zero-order valence-electron chi connectivity index (χ0n) is 9.26. The number of hydrogen-bond donors (Lipinski definition) is 0. The van der Waals surface area contributed by atoms with Crippen molar-refractivity contribution in [2.45, 2.75) is 25.6 Å². The SMILES string of the molecule is CC(C)c1ccn(-c2ccc(CCl)nn2)n1. The lowest BCUT2D eigenvalue weighted by atomic mass is 10.1. The van der Waals surface area contributed by atoms with Crippen LogP contribution in [0.15, 0.2) is 24.4 Å². The first kappa shape index (κ1) is 11.1. The largest absolute Gasteiger partial charge is 0.221 e. The highest BCUT2D eigenvalue weighted by molar-refractivity contribution is 6.16. The number of alkyl halides is 1. The van der Waals surface area contributed by atoms with Gasteiger partial charge in [0.25, 0.3) is 0 Å². The smallest absolute Gasteiger partial charge is 0.175 e. The summed E-state index contributed by atoms with van der Waals surface area (Å²) in [5.41, 5.74) is 1.81. The predicted molar refractivity (Wildman–Crippen MR) is 62.8 cm³/mol. The number of nitrogens with zero attached hydrogens (tertiary/aromatic N) is 4. The van der Waals surface area contributed by atoms with Gasteiger partial charge < -0.3 is 0 Å². The Hall–Kier alpha value is -1.42. The lowest BCUT2D eigenvalue weighted by Gasteiger charge is -2.01. The Bertz CT molecular complexity index is 461. The fraction of sp³-hybridized carbons (Fsp3) is 0.364. The van der Waals surface area contributed by atoms with E-state index in [4.69, 9.17) is 11.6 Å².